The van der Waals surface area contributed by atoms with Crippen LogP contribution in [0.2, 0.25) is 0 Å². The van der Waals surface area contributed by atoms with Crippen LogP contribution in [-0.4, -0.2) is 9.55 Å². The maximum atomic E-state index is 12.9. The monoisotopic (exact) mass is 269 g/mol. The molecule has 0 bridgehead atoms. The Kier molecular flexibility index (Phi) is 3.24. The van der Waals surface area contributed by atoms with Gasteiger partial charge in [0, 0.05) is 20.0 Å². The number of aromatic nitrogens is 2. The standard InChI is InChI=1S/C16H16FN3/c1-20-14-4-2-3-12(10-18)16(14)19-15(20)9-11-5-7-13(17)8-6-11/h2-8H,9-10,18H2,1H3. The van der Waals surface area contributed by atoms with Crippen LogP contribution in [0.3, 0.4) is 0 Å². The highest BCUT2D eigenvalue weighted by atomic mass is 19.1. The molecule has 2 aromatic carbocycles. The second-order valence-corrected chi connectivity index (χ2v) is 4.88. The van der Waals surface area contributed by atoms with Gasteiger partial charge < -0.3 is 10.3 Å². The van der Waals surface area contributed by atoms with Crippen molar-refractivity contribution in [2.45, 2.75) is 13.0 Å². The molecule has 0 aliphatic carbocycles. The average molecular weight is 269 g/mol. The van der Waals surface area contributed by atoms with Gasteiger partial charge >= 0.3 is 0 Å². The van der Waals surface area contributed by atoms with Gasteiger partial charge in [0.2, 0.25) is 0 Å². The van der Waals surface area contributed by atoms with Crippen LogP contribution in [0.25, 0.3) is 11.0 Å². The molecule has 0 unspecified atom stereocenters. The molecule has 0 fully saturated rings. The number of para-hydroxylation sites is 1. The summed E-state index contributed by atoms with van der Waals surface area (Å²) in [5.41, 5.74) is 9.87. The van der Waals surface area contributed by atoms with Crippen LogP contribution in [0.4, 0.5) is 4.39 Å². The fraction of sp³-hybridized carbons (Fsp3) is 0.188. The van der Waals surface area contributed by atoms with Gasteiger partial charge in [0.15, 0.2) is 0 Å². The quantitative estimate of drug-likeness (QED) is 0.794. The molecule has 2 N–H and O–H groups in total. The van der Waals surface area contributed by atoms with E-state index in [1.807, 2.05) is 25.2 Å². The topological polar surface area (TPSA) is 43.8 Å². The molecule has 102 valence electrons. The molecule has 3 rings (SSSR count). The molecule has 0 saturated carbocycles. The highest BCUT2D eigenvalue weighted by Gasteiger charge is 2.10. The fourth-order valence-electron chi connectivity index (χ4n) is 2.43. The zero-order valence-corrected chi connectivity index (χ0v) is 11.3. The largest absolute Gasteiger partial charge is 0.331 e. The van der Waals surface area contributed by atoms with Gasteiger partial charge in [-0.1, -0.05) is 24.3 Å². The summed E-state index contributed by atoms with van der Waals surface area (Å²) in [6.07, 6.45) is 0.676. The van der Waals surface area contributed by atoms with E-state index < -0.39 is 0 Å². The van der Waals surface area contributed by atoms with E-state index in [4.69, 9.17) is 5.73 Å². The molecule has 0 atom stereocenters. The molecule has 3 aromatic rings. The summed E-state index contributed by atoms with van der Waals surface area (Å²) < 4.78 is 15.0. The predicted octanol–water partition coefficient (Wildman–Crippen LogP) is 2.76. The van der Waals surface area contributed by atoms with Crippen molar-refractivity contribution in [3.05, 3.63) is 65.2 Å². The highest BCUT2D eigenvalue weighted by Crippen LogP contribution is 2.20. The van der Waals surface area contributed by atoms with Crippen molar-refractivity contribution in [1.29, 1.82) is 0 Å². The van der Waals surface area contributed by atoms with Gasteiger partial charge in [0.25, 0.3) is 0 Å². The average Bonchev–Trinajstić information content (AvgIpc) is 2.78. The van der Waals surface area contributed by atoms with E-state index in [0.29, 0.717) is 13.0 Å². The van der Waals surface area contributed by atoms with E-state index >= 15 is 0 Å². The third-order valence-corrected chi connectivity index (χ3v) is 3.58. The summed E-state index contributed by atoms with van der Waals surface area (Å²) in [4.78, 5) is 4.69. The van der Waals surface area contributed by atoms with Crippen LogP contribution in [0, 0.1) is 5.82 Å². The number of hydrogen-bond acceptors (Lipinski definition) is 2. The first kappa shape index (κ1) is 12.8. The van der Waals surface area contributed by atoms with Crippen molar-refractivity contribution < 1.29 is 4.39 Å². The summed E-state index contributed by atoms with van der Waals surface area (Å²) in [5, 5.41) is 0. The number of fused-ring (bicyclic) bond motifs is 1. The van der Waals surface area contributed by atoms with Crippen LogP contribution in [0.1, 0.15) is 17.0 Å². The maximum absolute atomic E-state index is 12.9. The Balaban J connectivity index is 2.03. The molecule has 0 radical (unpaired) electrons. The Labute approximate surface area is 116 Å². The SMILES string of the molecule is Cn1c(Cc2ccc(F)cc2)nc2c(CN)cccc21. The lowest BCUT2D eigenvalue weighted by Gasteiger charge is -2.02. The normalized spacial score (nSPS) is 11.2. The molecular weight excluding hydrogens is 253 g/mol. The number of hydrogen-bond donors (Lipinski definition) is 1. The summed E-state index contributed by atoms with van der Waals surface area (Å²) in [5.74, 6) is 0.733. The Morgan fingerprint density at radius 1 is 1.15 bits per heavy atom. The second kappa shape index (κ2) is 5.06. The molecule has 0 saturated heterocycles. The Bertz CT molecular complexity index is 744. The summed E-state index contributed by atoms with van der Waals surface area (Å²) in [6.45, 7) is 0.477. The molecule has 4 heteroatoms. The van der Waals surface area contributed by atoms with E-state index in [-0.39, 0.29) is 5.82 Å². The van der Waals surface area contributed by atoms with Gasteiger partial charge in [-0.2, -0.15) is 0 Å². The minimum absolute atomic E-state index is 0.218. The number of halogens is 1. The molecule has 1 heterocycles. The Morgan fingerprint density at radius 3 is 2.60 bits per heavy atom. The van der Waals surface area contributed by atoms with Gasteiger partial charge in [0.05, 0.1) is 11.0 Å². The van der Waals surface area contributed by atoms with Crippen LogP contribution in [-0.2, 0) is 20.0 Å². The van der Waals surface area contributed by atoms with Gasteiger partial charge in [-0.05, 0) is 29.3 Å². The van der Waals surface area contributed by atoms with Crippen molar-refractivity contribution in [3.63, 3.8) is 0 Å². The third-order valence-electron chi connectivity index (χ3n) is 3.58. The lowest BCUT2D eigenvalue weighted by molar-refractivity contribution is 0.627. The zero-order valence-electron chi connectivity index (χ0n) is 11.3. The molecular formula is C16H16FN3. The number of nitrogens with two attached hydrogens (primary N) is 1. The van der Waals surface area contributed by atoms with E-state index in [1.165, 1.54) is 12.1 Å². The molecule has 1 aromatic heterocycles. The van der Waals surface area contributed by atoms with Crippen LogP contribution in [0.5, 0.6) is 0 Å². The van der Waals surface area contributed by atoms with E-state index in [1.54, 1.807) is 12.1 Å². The van der Waals surface area contributed by atoms with Gasteiger partial charge in [-0.15, -0.1) is 0 Å². The molecule has 0 aliphatic heterocycles. The number of aryl methyl sites for hydroxylation is 1. The smallest absolute Gasteiger partial charge is 0.123 e. The predicted molar refractivity (Wildman–Crippen MR) is 77.8 cm³/mol. The van der Waals surface area contributed by atoms with E-state index in [2.05, 4.69) is 9.55 Å². The molecule has 3 nitrogen and oxygen atoms in total. The van der Waals surface area contributed by atoms with Crippen molar-refractivity contribution in [2.75, 3.05) is 0 Å². The molecule has 0 spiro atoms. The summed E-state index contributed by atoms with van der Waals surface area (Å²) >= 11 is 0. The molecule has 20 heavy (non-hydrogen) atoms. The number of imidazole rings is 1. The van der Waals surface area contributed by atoms with E-state index in [9.17, 15) is 4.39 Å². The lowest BCUT2D eigenvalue weighted by Crippen LogP contribution is -1.99. The minimum atomic E-state index is -0.218. The fourth-order valence-corrected chi connectivity index (χ4v) is 2.43. The van der Waals surface area contributed by atoms with Crippen molar-refractivity contribution in [2.24, 2.45) is 12.8 Å². The molecule has 0 aliphatic rings. The third kappa shape index (κ3) is 2.18. The van der Waals surface area contributed by atoms with Crippen molar-refractivity contribution >= 4 is 11.0 Å². The van der Waals surface area contributed by atoms with Crippen molar-refractivity contribution in [3.8, 4) is 0 Å². The number of rotatable bonds is 3. The van der Waals surface area contributed by atoms with Gasteiger partial charge in [0.1, 0.15) is 11.6 Å². The second-order valence-electron chi connectivity index (χ2n) is 4.88. The first-order chi connectivity index (χ1) is 9.69. The van der Waals surface area contributed by atoms with Gasteiger partial charge in [-0.3, -0.25) is 0 Å². The van der Waals surface area contributed by atoms with Gasteiger partial charge in [-0.25, -0.2) is 9.37 Å². The maximum Gasteiger partial charge on any atom is 0.123 e. The van der Waals surface area contributed by atoms with Crippen LogP contribution in [0.15, 0.2) is 42.5 Å². The van der Waals surface area contributed by atoms with Crippen molar-refractivity contribution in [1.82, 2.24) is 9.55 Å². The number of benzene rings is 2. The zero-order chi connectivity index (χ0) is 14.1. The minimum Gasteiger partial charge on any atom is -0.331 e. The summed E-state index contributed by atoms with van der Waals surface area (Å²) in [7, 11) is 1.99. The van der Waals surface area contributed by atoms with Crippen LogP contribution < -0.4 is 5.73 Å². The van der Waals surface area contributed by atoms with Crippen LogP contribution >= 0.6 is 0 Å². The first-order valence-electron chi connectivity index (χ1n) is 6.56. The first-order valence-corrected chi connectivity index (χ1v) is 6.56. The highest BCUT2D eigenvalue weighted by molar-refractivity contribution is 5.79. The number of nitrogens with zero attached hydrogens (tertiary/aromatic N) is 2. The molecule has 0 amide bonds. The summed E-state index contributed by atoms with van der Waals surface area (Å²) in [6, 6.07) is 12.6. The van der Waals surface area contributed by atoms with E-state index in [0.717, 1.165) is 28.0 Å². The Morgan fingerprint density at radius 2 is 1.90 bits per heavy atom. The Hall–Kier alpha value is -2.20. The lowest BCUT2D eigenvalue weighted by atomic mass is 10.1.